The molecule has 1 aliphatic rings. The van der Waals surface area contributed by atoms with E-state index in [9.17, 15) is 9.59 Å². The van der Waals surface area contributed by atoms with Crippen LogP contribution in [0.1, 0.15) is 54.4 Å². The van der Waals surface area contributed by atoms with Gasteiger partial charge in [-0.25, -0.2) is 4.79 Å². The Bertz CT molecular complexity index is 332. The minimum absolute atomic E-state index is 0.0303. The van der Waals surface area contributed by atoms with Crippen molar-refractivity contribution in [3.63, 3.8) is 0 Å². The first kappa shape index (κ1) is 15.0. The quantitative estimate of drug-likeness (QED) is 0.843. The lowest BCUT2D eigenvalue weighted by Gasteiger charge is -2.34. The van der Waals surface area contributed by atoms with Gasteiger partial charge in [0.1, 0.15) is 6.10 Å². The molecule has 1 aliphatic carbocycles. The van der Waals surface area contributed by atoms with E-state index in [0.29, 0.717) is 0 Å². The fraction of sp³-hybridized carbons (Fsp3) is 0.857. The number of ketones is 1. The van der Waals surface area contributed by atoms with Crippen molar-refractivity contribution in [1.29, 1.82) is 0 Å². The van der Waals surface area contributed by atoms with Crippen molar-refractivity contribution in [3.8, 4) is 0 Å². The lowest BCUT2D eigenvalue weighted by atomic mass is 9.76. The summed E-state index contributed by atoms with van der Waals surface area (Å²) < 4.78 is 5.15. The van der Waals surface area contributed by atoms with Gasteiger partial charge in [-0.1, -0.05) is 41.5 Å². The predicted octanol–water partition coefficient (Wildman–Crippen LogP) is 2.90. The molecule has 104 valence electrons. The molecule has 0 saturated heterocycles. The number of ether oxygens (including phenoxy) is 1. The van der Waals surface area contributed by atoms with Gasteiger partial charge in [0.05, 0.1) is 6.04 Å². The molecule has 18 heavy (non-hydrogen) atoms. The van der Waals surface area contributed by atoms with Crippen LogP contribution in [0.5, 0.6) is 0 Å². The van der Waals surface area contributed by atoms with Gasteiger partial charge in [-0.2, -0.15) is 0 Å². The molecule has 1 N–H and O–H groups in total. The molecule has 0 aromatic carbocycles. The third kappa shape index (κ3) is 4.31. The number of nitrogens with one attached hydrogen (secondary N) is 1. The van der Waals surface area contributed by atoms with Crippen molar-refractivity contribution >= 4 is 11.9 Å². The van der Waals surface area contributed by atoms with Crippen LogP contribution in [0.3, 0.4) is 0 Å². The number of carbonyl (C=O) groups excluding carboxylic acids is 2. The summed E-state index contributed by atoms with van der Waals surface area (Å²) in [5, 5.41) is 2.72. The Morgan fingerprint density at radius 1 is 1.11 bits per heavy atom. The van der Waals surface area contributed by atoms with Crippen molar-refractivity contribution in [3.05, 3.63) is 0 Å². The molecule has 0 heterocycles. The second-order valence-corrected chi connectivity index (χ2v) is 7.16. The van der Waals surface area contributed by atoms with Gasteiger partial charge in [0, 0.05) is 5.41 Å². The van der Waals surface area contributed by atoms with Crippen molar-refractivity contribution < 1.29 is 14.3 Å². The average Bonchev–Trinajstić information content (AvgIpc) is 2.93. The number of rotatable bonds is 3. The average molecular weight is 255 g/mol. The summed E-state index contributed by atoms with van der Waals surface area (Å²) in [5.41, 5.74) is -0.808. The van der Waals surface area contributed by atoms with E-state index in [1.807, 2.05) is 41.5 Å². The summed E-state index contributed by atoms with van der Waals surface area (Å²) in [6, 6.07) is -0.524. The molecule has 1 amide bonds. The molecule has 0 aromatic heterocycles. The number of hydrogen-bond donors (Lipinski definition) is 1. The second-order valence-electron chi connectivity index (χ2n) is 7.16. The molecule has 0 unspecified atom stereocenters. The van der Waals surface area contributed by atoms with Crippen LogP contribution in [0.15, 0.2) is 0 Å². The maximum atomic E-state index is 12.4. The standard InChI is InChI=1S/C14H25NO3/c1-13(2,3)10(11(16)14(4,5)6)15-12(17)18-9-7-8-9/h9-10H,7-8H2,1-6H3,(H,15,17)/t10-/m1/s1. The zero-order chi connectivity index (χ0) is 14.1. The molecule has 0 aromatic rings. The van der Waals surface area contributed by atoms with Gasteiger partial charge < -0.3 is 10.1 Å². The summed E-state index contributed by atoms with van der Waals surface area (Å²) >= 11 is 0. The minimum Gasteiger partial charge on any atom is -0.446 e. The largest absolute Gasteiger partial charge is 0.446 e. The highest BCUT2D eigenvalue weighted by molar-refractivity contribution is 5.92. The molecule has 0 bridgehead atoms. The second kappa shape index (κ2) is 4.90. The van der Waals surface area contributed by atoms with Gasteiger partial charge in [-0.05, 0) is 18.3 Å². The van der Waals surface area contributed by atoms with Crippen molar-refractivity contribution in [2.45, 2.75) is 66.5 Å². The molecule has 0 radical (unpaired) electrons. The summed E-state index contributed by atoms with van der Waals surface area (Å²) in [5.74, 6) is 0.0303. The van der Waals surface area contributed by atoms with E-state index in [1.54, 1.807) is 0 Å². The molecular formula is C14H25NO3. The Balaban J connectivity index is 2.72. The first-order valence-electron chi connectivity index (χ1n) is 6.53. The maximum Gasteiger partial charge on any atom is 0.408 e. The molecule has 1 rings (SSSR count). The summed E-state index contributed by atoms with van der Waals surface area (Å²) in [6.45, 7) is 11.4. The number of hydrogen-bond acceptors (Lipinski definition) is 3. The van der Waals surface area contributed by atoms with Crippen LogP contribution >= 0.6 is 0 Å². The van der Waals surface area contributed by atoms with Crippen LogP contribution in [-0.4, -0.2) is 24.0 Å². The predicted molar refractivity (Wildman–Crippen MR) is 70.3 cm³/mol. The van der Waals surface area contributed by atoms with Crippen LogP contribution in [0.25, 0.3) is 0 Å². The number of Topliss-reactive ketones (excluding diaryl/α,β-unsaturated/α-hetero) is 1. The van der Waals surface area contributed by atoms with Crippen LogP contribution in [0, 0.1) is 10.8 Å². The zero-order valence-electron chi connectivity index (χ0n) is 12.3. The van der Waals surface area contributed by atoms with E-state index in [4.69, 9.17) is 4.74 Å². The summed E-state index contributed by atoms with van der Waals surface area (Å²) in [6.07, 6.45) is 1.44. The molecule has 1 saturated carbocycles. The Hall–Kier alpha value is -1.06. The molecule has 0 spiro atoms. The van der Waals surface area contributed by atoms with Crippen molar-refractivity contribution in [1.82, 2.24) is 5.32 Å². The highest BCUT2D eigenvalue weighted by atomic mass is 16.6. The van der Waals surface area contributed by atoms with Crippen molar-refractivity contribution in [2.75, 3.05) is 0 Å². The van der Waals surface area contributed by atoms with Crippen molar-refractivity contribution in [2.24, 2.45) is 10.8 Å². The lowest BCUT2D eigenvalue weighted by Crippen LogP contribution is -2.52. The molecule has 4 heteroatoms. The first-order chi connectivity index (χ1) is 8.01. The topological polar surface area (TPSA) is 55.4 Å². The van der Waals surface area contributed by atoms with Crippen LogP contribution < -0.4 is 5.32 Å². The lowest BCUT2D eigenvalue weighted by molar-refractivity contribution is -0.130. The Morgan fingerprint density at radius 2 is 1.61 bits per heavy atom. The molecule has 0 aliphatic heterocycles. The van der Waals surface area contributed by atoms with Gasteiger partial charge in [-0.15, -0.1) is 0 Å². The zero-order valence-corrected chi connectivity index (χ0v) is 12.3. The summed E-state index contributed by atoms with van der Waals surface area (Å²) in [4.78, 5) is 24.1. The van der Waals surface area contributed by atoms with Crippen LogP contribution in [0.4, 0.5) is 4.79 Å². The minimum atomic E-state index is -0.524. The smallest absolute Gasteiger partial charge is 0.408 e. The SMILES string of the molecule is CC(C)(C)C(=O)[C@@H](NC(=O)OC1CC1)C(C)(C)C. The Morgan fingerprint density at radius 3 is 1.94 bits per heavy atom. The fourth-order valence-corrected chi connectivity index (χ4v) is 1.60. The van der Waals surface area contributed by atoms with Gasteiger partial charge in [0.15, 0.2) is 5.78 Å². The normalized spacial score (nSPS) is 18.1. The molecule has 1 fully saturated rings. The van der Waals surface area contributed by atoms with Crippen LogP contribution in [-0.2, 0) is 9.53 Å². The highest BCUT2D eigenvalue weighted by Crippen LogP contribution is 2.28. The summed E-state index contributed by atoms with van der Waals surface area (Å²) in [7, 11) is 0. The number of amides is 1. The molecule has 4 nitrogen and oxygen atoms in total. The molecule has 1 atom stereocenters. The highest BCUT2D eigenvalue weighted by Gasteiger charge is 2.39. The van der Waals surface area contributed by atoms with Gasteiger partial charge in [0.25, 0.3) is 0 Å². The Kier molecular flexibility index (Phi) is 4.08. The van der Waals surface area contributed by atoms with E-state index < -0.39 is 17.6 Å². The van der Waals surface area contributed by atoms with E-state index in [2.05, 4.69) is 5.32 Å². The van der Waals surface area contributed by atoms with E-state index in [1.165, 1.54) is 0 Å². The van der Waals surface area contributed by atoms with E-state index in [0.717, 1.165) is 12.8 Å². The monoisotopic (exact) mass is 255 g/mol. The Labute approximate surface area is 109 Å². The van der Waals surface area contributed by atoms with E-state index in [-0.39, 0.29) is 17.3 Å². The fourth-order valence-electron chi connectivity index (χ4n) is 1.60. The number of carbonyl (C=O) groups is 2. The number of alkyl carbamates (subject to hydrolysis) is 1. The maximum absolute atomic E-state index is 12.4. The van der Waals surface area contributed by atoms with Crippen LogP contribution in [0.2, 0.25) is 0 Å². The van der Waals surface area contributed by atoms with Gasteiger partial charge in [0.2, 0.25) is 0 Å². The van der Waals surface area contributed by atoms with Gasteiger partial charge >= 0.3 is 6.09 Å². The third-order valence-electron chi connectivity index (χ3n) is 2.93. The third-order valence-corrected chi connectivity index (χ3v) is 2.93. The molecular weight excluding hydrogens is 230 g/mol. The first-order valence-corrected chi connectivity index (χ1v) is 6.53. The van der Waals surface area contributed by atoms with Gasteiger partial charge in [-0.3, -0.25) is 4.79 Å². The van der Waals surface area contributed by atoms with E-state index >= 15 is 0 Å².